The lowest BCUT2D eigenvalue weighted by Gasteiger charge is -2.08. The van der Waals surface area contributed by atoms with Crippen molar-refractivity contribution in [3.8, 4) is 0 Å². The Balaban J connectivity index is 1.72. The van der Waals surface area contributed by atoms with Gasteiger partial charge in [0.2, 0.25) is 0 Å². The molecule has 5 nitrogen and oxygen atoms in total. The van der Waals surface area contributed by atoms with Gasteiger partial charge in [-0.05, 0) is 30.2 Å². The SMILES string of the molecule is Nc1nc2ccccc2nc1NCCc1cccnc1. The molecule has 0 radical (unpaired) electrons. The summed E-state index contributed by atoms with van der Waals surface area (Å²) in [5, 5.41) is 3.23. The van der Waals surface area contributed by atoms with Crippen LogP contribution >= 0.6 is 0 Å². The van der Waals surface area contributed by atoms with Gasteiger partial charge < -0.3 is 11.1 Å². The highest BCUT2D eigenvalue weighted by Crippen LogP contribution is 2.18. The molecule has 3 aromatic rings. The maximum absolute atomic E-state index is 5.92. The fourth-order valence-corrected chi connectivity index (χ4v) is 2.02. The van der Waals surface area contributed by atoms with Crippen molar-refractivity contribution >= 4 is 22.7 Å². The predicted molar refractivity (Wildman–Crippen MR) is 80.4 cm³/mol. The minimum Gasteiger partial charge on any atom is -0.381 e. The third-order valence-electron chi connectivity index (χ3n) is 3.03. The molecule has 0 unspecified atom stereocenters. The van der Waals surface area contributed by atoms with Crippen LogP contribution < -0.4 is 11.1 Å². The molecule has 0 spiro atoms. The molecule has 0 aliphatic carbocycles. The van der Waals surface area contributed by atoms with Gasteiger partial charge in [-0.2, -0.15) is 0 Å². The Bertz CT molecular complexity index is 712. The van der Waals surface area contributed by atoms with E-state index >= 15 is 0 Å². The predicted octanol–water partition coefficient (Wildman–Crippen LogP) is 2.26. The number of rotatable bonds is 4. The Morgan fingerprint density at radius 2 is 1.80 bits per heavy atom. The zero-order valence-corrected chi connectivity index (χ0v) is 11.0. The molecule has 0 amide bonds. The molecular formula is C15H15N5. The molecule has 2 heterocycles. The van der Waals surface area contributed by atoms with E-state index in [1.807, 2.05) is 42.6 Å². The summed E-state index contributed by atoms with van der Waals surface area (Å²) in [6, 6.07) is 11.7. The number of hydrogen-bond donors (Lipinski definition) is 2. The number of anilines is 2. The van der Waals surface area contributed by atoms with Gasteiger partial charge in [0, 0.05) is 18.9 Å². The summed E-state index contributed by atoms with van der Waals surface area (Å²) < 4.78 is 0. The zero-order chi connectivity index (χ0) is 13.8. The van der Waals surface area contributed by atoms with Crippen LogP contribution in [0.5, 0.6) is 0 Å². The molecule has 20 heavy (non-hydrogen) atoms. The standard InChI is InChI=1S/C15H15N5/c16-14-15(18-9-7-11-4-3-8-17-10-11)20-13-6-2-1-5-12(13)19-14/h1-6,8,10H,7,9H2,(H2,16,19)(H,18,20). The fourth-order valence-electron chi connectivity index (χ4n) is 2.02. The summed E-state index contributed by atoms with van der Waals surface area (Å²) in [6.07, 6.45) is 4.49. The van der Waals surface area contributed by atoms with E-state index in [1.54, 1.807) is 6.20 Å². The van der Waals surface area contributed by atoms with Gasteiger partial charge >= 0.3 is 0 Å². The van der Waals surface area contributed by atoms with E-state index in [2.05, 4.69) is 20.3 Å². The van der Waals surface area contributed by atoms with Gasteiger partial charge in [0.25, 0.3) is 0 Å². The van der Waals surface area contributed by atoms with Crippen LogP contribution in [0.4, 0.5) is 11.6 Å². The number of aromatic nitrogens is 3. The number of nitrogen functional groups attached to an aromatic ring is 1. The minimum atomic E-state index is 0.426. The number of pyridine rings is 1. The molecular weight excluding hydrogens is 250 g/mol. The molecule has 100 valence electrons. The summed E-state index contributed by atoms with van der Waals surface area (Å²) in [4.78, 5) is 12.9. The molecule has 0 saturated carbocycles. The number of benzene rings is 1. The smallest absolute Gasteiger partial charge is 0.169 e. The molecule has 3 rings (SSSR count). The first kappa shape index (κ1) is 12.3. The molecule has 0 atom stereocenters. The molecule has 0 saturated heterocycles. The highest BCUT2D eigenvalue weighted by molar-refractivity contribution is 5.79. The van der Waals surface area contributed by atoms with Crippen molar-refractivity contribution in [1.29, 1.82) is 0 Å². The van der Waals surface area contributed by atoms with Gasteiger partial charge in [0.05, 0.1) is 11.0 Å². The second kappa shape index (κ2) is 5.52. The first-order valence-electron chi connectivity index (χ1n) is 6.48. The summed E-state index contributed by atoms with van der Waals surface area (Å²) in [6.45, 7) is 0.739. The summed E-state index contributed by atoms with van der Waals surface area (Å²) in [7, 11) is 0. The van der Waals surface area contributed by atoms with Crippen LogP contribution in [0.25, 0.3) is 11.0 Å². The van der Waals surface area contributed by atoms with Gasteiger partial charge in [0.1, 0.15) is 0 Å². The monoisotopic (exact) mass is 265 g/mol. The van der Waals surface area contributed by atoms with Gasteiger partial charge in [-0.25, -0.2) is 9.97 Å². The lowest BCUT2D eigenvalue weighted by Crippen LogP contribution is -2.10. The van der Waals surface area contributed by atoms with Crippen LogP contribution in [0.3, 0.4) is 0 Å². The molecule has 0 aliphatic rings. The van der Waals surface area contributed by atoms with Crippen molar-refractivity contribution in [2.24, 2.45) is 0 Å². The van der Waals surface area contributed by atoms with E-state index in [-0.39, 0.29) is 0 Å². The molecule has 0 bridgehead atoms. The third kappa shape index (κ3) is 2.66. The van der Waals surface area contributed by atoms with Crippen molar-refractivity contribution < 1.29 is 0 Å². The summed E-state index contributed by atoms with van der Waals surface area (Å²) in [5.41, 5.74) is 8.74. The number of nitrogens with two attached hydrogens (primary N) is 1. The first-order chi connectivity index (χ1) is 9.83. The number of hydrogen-bond acceptors (Lipinski definition) is 5. The molecule has 3 N–H and O–H groups in total. The van der Waals surface area contributed by atoms with Crippen molar-refractivity contribution in [1.82, 2.24) is 15.0 Å². The first-order valence-corrected chi connectivity index (χ1v) is 6.48. The Morgan fingerprint density at radius 1 is 1.00 bits per heavy atom. The molecule has 2 aromatic heterocycles. The Hall–Kier alpha value is -2.69. The summed E-state index contributed by atoms with van der Waals surface area (Å²) >= 11 is 0. The second-order valence-corrected chi connectivity index (χ2v) is 4.48. The Morgan fingerprint density at radius 3 is 2.55 bits per heavy atom. The van der Waals surface area contributed by atoms with E-state index in [0.29, 0.717) is 11.6 Å². The fraction of sp³-hybridized carbons (Fsp3) is 0.133. The van der Waals surface area contributed by atoms with Gasteiger partial charge in [-0.15, -0.1) is 0 Å². The van der Waals surface area contributed by atoms with Crippen molar-refractivity contribution in [2.45, 2.75) is 6.42 Å². The van der Waals surface area contributed by atoms with Crippen molar-refractivity contribution in [2.75, 3.05) is 17.6 Å². The van der Waals surface area contributed by atoms with E-state index in [4.69, 9.17) is 5.73 Å². The minimum absolute atomic E-state index is 0.426. The van der Waals surface area contributed by atoms with Crippen molar-refractivity contribution in [3.63, 3.8) is 0 Å². The van der Waals surface area contributed by atoms with Crippen LogP contribution in [0.15, 0.2) is 48.8 Å². The topological polar surface area (TPSA) is 76.7 Å². The molecule has 1 aromatic carbocycles. The van der Waals surface area contributed by atoms with Gasteiger partial charge in [-0.1, -0.05) is 18.2 Å². The molecule has 5 heteroatoms. The highest BCUT2D eigenvalue weighted by Gasteiger charge is 2.04. The Kier molecular flexibility index (Phi) is 3.41. The van der Waals surface area contributed by atoms with Crippen LogP contribution in [0, 0.1) is 0 Å². The van der Waals surface area contributed by atoms with E-state index in [0.717, 1.165) is 24.0 Å². The maximum Gasteiger partial charge on any atom is 0.169 e. The molecule has 0 fully saturated rings. The number of nitrogens with one attached hydrogen (secondary N) is 1. The van der Waals surface area contributed by atoms with Crippen LogP contribution in [0.1, 0.15) is 5.56 Å². The number of nitrogens with zero attached hydrogens (tertiary/aromatic N) is 3. The van der Waals surface area contributed by atoms with E-state index < -0.39 is 0 Å². The third-order valence-corrected chi connectivity index (χ3v) is 3.03. The average molecular weight is 265 g/mol. The lowest BCUT2D eigenvalue weighted by atomic mass is 10.2. The summed E-state index contributed by atoms with van der Waals surface area (Å²) in [5.74, 6) is 1.06. The average Bonchev–Trinajstić information content (AvgIpc) is 2.49. The zero-order valence-electron chi connectivity index (χ0n) is 11.0. The van der Waals surface area contributed by atoms with Crippen LogP contribution in [-0.2, 0) is 6.42 Å². The quantitative estimate of drug-likeness (QED) is 0.756. The lowest BCUT2D eigenvalue weighted by molar-refractivity contribution is 0.995. The number of para-hydroxylation sites is 2. The Labute approximate surface area is 116 Å². The largest absolute Gasteiger partial charge is 0.381 e. The van der Waals surface area contributed by atoms with Crippen LogP contribution in [0.2, 0.25) is 0 Å². The van der Waals surface area contributed by atoms with Gasteiger partial charge in [0.15, 0.2) is 11.6 Å². The maximum atomic E-state index is 5.92. The van der Waals surface area contributed by atoms with E-state index in [1.165, 1.54) is 5.56 Å². The van der Waals surface area contributed by atoms with Crippen molar-refractivity contribution in [3.05, 3.63) is 54.4 Å². The van der Waals surface area contributed by atoms with Crippen LogP contribution in [-0.4, -0.2) is 21.5 Å². The molecule has 0 aliphatic heterocycles. The second-order valence-electron chi connectivity index (χ2n) is 4.48. The van der Waals surface area contributed by atoms with E-state index in [9.17, 15) is 0 Å². The highest BCUT2D eigenvalue weighted by atomic mass is 15.1. The normalized spacial score (nSPS) is 10.6. The van der Waals surface area contributed by atoms with Gasteiger partial charge in [-0.3, -0.25) is 4.98 Å². The number of fused-ring (bicyclic) bond motifs is 1.